The third kappa shape index (κ3) is 1.10. The van der Waals surface area contributed by atoms with Gasteiger partial charge in [-0.25, -0.2) is 0 Å². The van der Waals surface area contributed by atoms with Crippen LogP contribution in [0.5, 0.6) is 0 Å². The number of esters is 2. The molecule has 2 aliphatic rings. The maximum atomic E-state index is 11.1. The van der Waals surface area contributed by atoms with E-state index in [9.17, 15) is 9.59 Å². The van der Waals surface area contributed by atoms with Gasteiger partial charge < -0.3 is 4.74 Å². The molecule has 5 heteroatoms. The lowest BCUT2D eigenvalue weighted by Gasteiger charge is -2.42. The van der Waals surface area contributed by atoms with Crippen molar-refractivity contribution in [2.24, 2.45) is 23.7 Å². The average Bonchev–Trinajstić information content (AvgIpc) is 2.25. The van der Waals surface area contributed by atoms with E-state index in [2.05, 4.69) is 4.74 Å². The number of halogens is 2. The summed E-state index contributed by atoms with van der Waals surface area (Å²) in [4.78, 5) is 22.3. The van der Waals surface area contributed by atoms with Crippen LogP contribution in [-0.4, -0.2) is 23.7 Å². The van der Waals surface area contributed by atoms with Gasteiger partial charge in [0.2, 0.25) is 0 Å². The van der Waals surface area contributed by atoms with Gasteiger partial charge in [-0.05, 0) is 11.8 Å². The Labute approximate surface area is 85.3 Å². The average molecular weight is 223 g/mol. The van der Waals surface area contributed by atoms with Crippen LogP contribution in [0.2, 0.25) is 0 Å². The fourth-order valence-corrected chi connectivity index (χ4v) is 3.06. The molecule has 0 amide bonds. The molecule has 13 heavy (non-hydrogen) atoms. The fourth-order valence-electron chi connectivity index (χ4n) is 2.22. The highest BCUT2D eigenvalue weighted by atomic mass is 35.5. The second-order valence-corrected chi connectivity index (χ2v) is 4.05. The molecule has 1 aliphatic carbocycles. The van der Waals surface area contributed by atoms with Crippen LogP contribution in [0.3, 0.4) is 0 Å². The summed E-state index contributed by atoms with van der Waals surface area (Å²) in [5.74, 6) is -0.750. The van der Waals surface area contributed by atoms with Crippen molar-refractivity contribution in [3.8, 4) is 0 Å². The highest BCUT2D eigenvalue weighted by Crippen LogP contribution is 2.51. The van der Waals surface area contributed by atoms with E-state index in [0.717, 1.165) is 0 Å². The van der Waals surface area contributed by atoms with Gasteiger partial charge in [0.15, 0.2) is 0 Å². The summed E-state index contributed by atoms with van der Waals surface area (Å²) in [6, 6.07) is 0. The summed E-state index contributed by atoms with van der Waals surface area (Å²) in [6.07, 6.45) is 0. The number of rotatable bonds is 2. The number of alkyl halides is 2. The minimum absolute atomic E-state index is 0.0168. The number of fused-ring (bicyclic) bond motifs is 1. The van der Waals surface area contributed by atoms with Crippen LogP contribution in [0.4, 0.5) is 0 Å². The molecule has 0 aromatic heterocycles. The van der Waals surface area contributed by atoms with E-state index < -0.39 is 11.9 Å². The first-order valence-corrected chi connectivity index (χ1v) is 5.15. The molecule has 4 atom stereocenters. The number of carbonyl (C=O) groups excluding carboxylic acids is 2. The lowest BCUT2D eigenvalue weighted by molar-refractivity contribution is -0.153. The zero-order valence-electron chi connectivity index (χ0n) is 6.70. The Hall–Kier alpha value is -0.280. The Morgan fingerprint density at radius 1 is 1.00 bits per heavy atom. The Balaban J connectivity index is 2.20. The normalized spacial score (nSPS) is 42.6. The number of cyclic esters (lactones) is 2. The topological polar surface area (TPSA) is 43.4 Å². The van der Waals surface area contributed by atoms with E-state index >= 15 is 0 Å². The van der Waals surface area contributed by atoms with E-state index in [0.29, 0.717) is 11.8 Å². The van der Waals surface area contributed by atoms with Gasteiger partial charge in [0.05, 0.1) is 11.8 Å². The molecule has 0 aromatic carbocycles. The minimum atomic E-state index is -0.429. The van der Waals surface area contributed by atoms with Crippen LogP contribution in [0.15, 0.2) is 0 Å². The molecule has 0 unspecified atom stereocenters. The fraction of sp³-hybridized carbons (Fsp3) is 0.750. The molecule has 72 valence electrons. The summed E-state index contributed by atoms with van der Waals surface area (Å²) in [5.41, 5.74) is 0. The van der Waals surface area contributed by atoms with Crippen molar-refractivity contribution < 1.29 is 14.3 Å². The van der Waals surface area contributed by atoms with Crippen LogP contribution in [0.1, 0.15) is 0 Å². The molecule has 1 saturated heterocycles. The predicted octanol–water partition coefficient (Wildman–Crippen LogP) is 1.03. The van der Waals surface area contributed by atoms with E-state index in [1.165, 1.54) is 0 Å². The maximum Gasteiger partial charge on any atom is 0.317 e. The van der Waals surface area contributed by atoms with Crippen molar-refractivity contribution in [2.45, 2.75) is 0 Å². The van der Waals surface area contributed by atoms with Crippen molar-refractivity contribution in [3.63, 3.8) is 0 Å². The molecule has 0 bridgehead atoms. The molecular weight excluding hydrogens is 215 g/mol. The number of hydrogen-bond acceptors (Lipinski definition) is 3. The SMILES string of the molecule is O=C1OC(=O)[C@H]2[C@H](CCl)[C@H](CCl)[C@@H]12. The summed E-state index contributed by atoms with van der Waals surface area (Å²) in [5, 5.41) is 0. The van der Waals surface area contributed by atoms with Gasteiger partial charge in [0, 0.05) is 11.8 Å². The summed E-state index contributed by atoms with van der Waals surface area (Å²) in [7, 11) is 0. The largest absolute Gasteiger partial charge is 0.393 e. The lowest BCUT2D eigenvalue weighted by Crippen LogP contribution is -2.50. The van der Waals surface area contributed by atoms with Gasteiger partial charge >= 0.3 is 11.9 Å². The second-order valence-electron chi connectivity index (χ2n) is 3.43. The van der Waals surface area contributed by atoms with Crippen LogP contribution in [-0.2, 0) is 14.3 Å². The number of carbonyl (C=O) groups is 2. The van der Waals surface area contributed by atoms with E-state index in [1.807, 2.05) is 0 Å². The molecule has 0 aromatic rings. The molecule has 1 heterocycles. The lowest BCUT2D eigenvalue weighted by atomic mass is 9.59. The zero-order chi connectivity index (χ0) is 9.59. The van der Waals surface area contributed by atoms with Crippen LogP contribution in [0, 0.1) is 23.7 Å². The highest BCUT2D eigenvalue weighted by molar-refractivity contribution is 6.20. The Morgan fingerprint density at radius 3 is 1.69 bits per heavy atom. The predicted molar refractivity (Wildman–Crippen MR) is 46.5 cm³/mol. The first-order valence-electron chi connectivity index (χ1n) is 4.08. The smallest absolute Gasteiger partial charge is 0.317 e. The number of ether oxygens (including phenoxy) is 1. The Morgan fingerprint density at radius 2 is 1.38 bits per heavy atom. The van der Waals surface area contributed by atoms with Gasteiger partial charge in [0.1, 0.15) is 0 Å². The van der Waals surface area contributed by atoms with Crippen molar-refractivity contribution in [3.05, 3.63) is 0 Å². The van der Waals surface area contributed by atoms with Crippen LogP contribution < -0.4 is 0 Å². The van der Waals surface area contributed by atoms with Gasteiger partial charge in [-0.3, -0.25) is 9.59 Å². The van der Waals surface area contributed by atoms with Crippen LogP contribution >= 0.6 is 23.2 Å². The number of hydrogen-bond donors (Lipinski definition) is 0. The van der Waals surface area contributed by atoms with Crippen molar-refractivity contribution in [1.29, 1.82) is 0 Å². The molecule has 1 saturated carbocycles. The Kier molecular flexibility index (Phi) is 2.24. The molecule has 3 nitrogen and oxygen atoms in total. The zero-order valence-corrected chi connectivity index (χ0v) is 8.22. The molecule has 0 N–H and O–H groups in total. The minimum Gasteiger partial charge on any atom is -0.393 e. The standard InChI is InChI=1S/C8H8Cl2O3/c9-1-3-4(2-10)6-5(3)7(11)13-8(6)12/h3-6H,1-2H2/t3-,4+,5+,6-. The Bertz CT molecular complexity index is 240. The van der Waals surface area contributed by atoms with E-state index in [4.69, 9.17) is 23.2 Å². The molecule has 1 aliphatic heterocycles. The summed E-state index contributed by atoms with van der Waals surface area (Å²) < 4.78 is 4.52. The van der Waals surface area contributed by atoms with E-state index in [1.54, 1.807) is 0 Å². The highest BCUT2D eigenvalue weighted by Gasteiger charge is 2.62. The van der Waals surface area contributed by atoms with Gasteiger partial charge in [-0.2, -0.15) is 0 Å². The molecule has 0 spiro atoms. The third-order valence-electron chi connectivity index (χ3n) is 2.96. The van der Waals surface area contributed by atoms with Crippen LogP contribution in [0.25, 0.3) is 0 Å². The molecule has 0 radical (unpaired) electrons. The van der Waals surface area contributed by atoms with Gasteiger partial charge in [0.25, 0.3) is 0 Å². The van der Waals surface area contributed by atoms with Crippen molar-refractivity contribution in [1.82, 2.24) is 0 Å². The van der Waals surface area contributed by atoms with Gasteiger partial charge in [-0.1, -0.05) is 0 Å². The van der Waals surface area contributed by atoms with Gasteiger partial charge in [-0.15, -0.1) is 23.2 Å². The quantitative estimate of drug-likeness (QED) is 0.399. The monoisotopic (exact) mass is 222 g/mol. The van der Waals surface area contributed by atoms with E-state index in [-0.39, 0.29) is 23.7 Å². The van der Waals surface area contributed by atoms with Crippen molar-refractivity contribution >= 4 is 35.1 Å². The summed E-state index contributed by atoms with van der Waals surface area (Å²) in [6.45, 7) is 0. The second kappa shape index (κ2) is 3.14. The maximum absolute atomic E-state index is 11.1. The summed E-state index contributed by atoms with van der Waals surface area (Å²) >= 11 is 11.4. The molecule has 2 rings (SSSR count). The third-order valence-corrected chi connectivity index (χ3v) is 3.67. The van der Waals surface area contributed by atoms with Crippen molar-refractivity contribution in [2.75, 3.05) is 11.8 Å². The molecule has 2 fully saturated rings. The molecular formula is C8H8Cl2O3. The first-order chi connectivity index (χ1) is 6.20. The first kappa shape index (κ1) is 9.28.